The number of hydrogen-bond acceptors (Lipinski definition) is 5. The monoisotopic (exact) mass is 298 g/mol. The highest BCUT2D eigenvalue weighted by molar-refractivity contribution is 5.53. The smallest absolute Gasteiger partial charge is 0.269 e. The number of nitro benzene ring substituents is 1. The molecule has 0 N–H and O–H groups in total. The molecule has 2 aromatic carbocycles. The van der Waals surface area contributed by atoms with Gasteiger partial charge in [0.1, 0.15) is 0 Å². The van der Waals surface area contributed by atoms with Crippen LogP contribution in [-0.4, -0.2) is 18.0 Å². The second-order valence-electron chi connectivity index (χ2n) is 4.66. The molecule has 0 aromatic heterocycles. The molecule has 6 nitrogen and oxygen atoms in total. The lowest BCUT2D eigenvalue weighted by atomic mass is 10.2. The van der Waals surface area contributed by atoms with Crippen LogP contribution in [0.4, 0.5) is 22.7 Å². The molecule has 0 spiro atoms. The Bertz CT molecular complexity index is 647. The molecular formula is C16H18N4O2. The van der Waals surface area contributed by atoms with Crippen LogP contribution < -0.4 is 4.90 Å². The number of nitro groups is 1. The molecule has 0 atom stereocenters. The molecule has 0 bridgehead atoms. The quantitative estimate of drug-likeness (QED) is 0.434. The molecule has 0 fully saturated rings. The Labute approximate surface area is 129 Å². The van der Waals surface area contributed by atoms with Crippen molar-refractivity contribution < 1.29 is 4.92 Å². The molecule has 0 saturated carbocycles. The van der Waals surface area contributed by atoms with Crippen LogP contribution in [0.3, 0.4) is 0 Å². The SMILES string of the molecule is CCN(CC)c1ccc(/N=N/c2ccc([N+](=O)[O-])cc2)cc1. The highest BCUT2D eigenvalue weighted by Gasteiger charge is 2.03. The first-order valence-corrected chi connectivity index (χ1v) is 7.15. The van der Waals surface area contributed by atoms with Gasteiger partial charge >= 0.3 is 0 Å². The molecule has 0 radical (unpaired) electrons. The van der Waals surface area contributed by atoms with E-state index in [0.717, 1.165) is 24.5 Å². The van der Waals surface area contributed by atoms with Crippen LogP contribution in [0.15, 0.2) is 58.8 Å². The first kappa shape index (κ1) is 15.6. The van der Waals surface area contributed by atoms with E-state index in [2.05, 4.69) is 29.0 Å². The van der Waals surface area contributed by atoms with E-state index >= 15 is 0 Å². The standard InChI is InChI=1S/C16H18N4O2/c1-3-19(4-2)15-9-5-13(6-10-15)17-18-14-7-11-16(12-8-14)20(21)22/h5-12H,3-4H2,1-2H3/b18-17+. The Morgan fingerprint density at radius 3 is 1.77 bits per heavy atom. The van der Waals surface area contributed by atoms with Crippen LogP contribution in [0.2, 0.25) is 0 Å². The van der Waals surface area contributed by atoms with Gasteiger partial charge in [-0.2, -0.15) is 10.2 Å². The van der Waals surface area contributed by atoms with Crippen LogP contribution in [0.1, 0.15) is 13.8 Å². The third-order valence-corrected chi connectivity index (χ3v) is 3.32. The lowest BCUT2D eigenvalue weighted by Crippen LogP contribution is -2.21. The van der Waals surface area contributed by atoms with Gasteiger partial charge in [-0.25, -0.2) is 0 Å². The van der Waals surface area contributed by atoms with Crippen molar-refractivity contribution >= 4 is 22.7 Å². The number of azo groups is 1. The molecule has 0 aliphatic heterocycles. The van der Waals surface area contributed by atoms with Crippen molar-refractivity contribution in [3.8, 4) is 0 Å². The zero-order chi connectivity index (χ0) is 15.9. The van der Waals surface area contributed by atoms with E-state index in [1.807, 2.05) is 24.3 Å². The summed E-state index contributed by atoms with van der Waals surface area (Å²) in [4.78, 5) is 12.4. The molecular weight excluding hydrogens is 280 g/mol. The third-order valence-electron chi connectivity index (χ3n) is 3.32. The van der Waals surface area contributed by atoms with Crippen LogP contribution in [0.25, 0.3) is 0 Å². The summed E-state index contributed by atoms with van der Waals surface area (Å²) < 4.78 is 0. The second kappa shape index (κ2) is 7.31. The fraction of sp³-hybridized carbons (Fsp3) is 0.250. The average Bonchev–Trinajstić information content (AvgIpc) is 2.55. The van der Waals surface area contributed by atoms with Crippen molar-refractivity contribution in [1.82, 2.24) is 0 Å². The number of anilines is 1. The zero-order valence-corrected chi connectivity index (χ0v) is 12.6. The average molecular weight is 298 g/mol. The molecule has 0 aliphatic carbocycles. The Balaban J connectivity index is 2.08. The van der Waals surface area contributed by atoms with Gasteiger partial charge in [-0.3, -0.25) is 10.1 Å². The number of non-ortho nitro benzene ring substituents is 1. The molecule has 0 aliphatic rings. The van der Waals surface area contributed by atoms with E-state index in [9.17, 15) is 10.1 Å². The number of nitrogens with zero attached hydrogens (tertiary/aromatic N) is 4. The Hall–Kier alpha value is -2.76. The van der Waals surface area contributed by atoms with Crippen molar-refractivity contribution in [1.29, 1.82) is 0 Å². The number of benzene rings is 2. The molecule has 0 saturated heterocycles. The summed E-state index contributed by atoms with van der Waals surface area (Å²) >= 11 is 0. The van der Waals surface area contributed by atoms with Gasteiger partial charge in [-0.05, 0) is 50.2 Å². The van der Waals surface area contributed by atoms with Gasteiger partial charge in [0.15, 0.2) is 0 Å². The Morgan fingerprint density at radius 2 is 1.36 bits per heavy atom. The Morgan fingerprint density at radius 1 is 0.909 bits per heavy atom. The Kier molecular flexibility index (Phi) is 5.19. The minimum atomic E-state index is -0.438. The van der Waals surface area contributed by atoms with Gasteiger partial charge in [-0.1, -0.05) is 0 Å². The molecule has 0 amide bonds. The minimum Gasteiger partial charge on any atom is -0.372 e. The molecule has 22 heavy (non-hydrogen) atoms. The van der Waals surface area contributed by atoms with E-state index in [4.69, 9.17) is 0 Å². The largest absolute Gasteiger partial charge is 0.372 e. The molecule has 0 unspecified atom stereocenters. The van der Waals surface area contributed by atoms with Crippen molar-refractivity contribution in [2.75, 3.05) is 18.0 Å². The maximum Gasteiger partial charge on any atom is 0.269 e. The van der Waals surface area contributed by atoms with E-state index in [0.29, 0.717) is 5.69 Å². The second-order valence-corrected chi connectivity index (χ2v) is 4.66. The summed E-state index contributed by atoms with van der Waals surface area (Å²) in [5.74, 6) is 0. The summed E-state index contributed by atoms with van der Waals surface area (Å²) in [6.45, 7) is 6.15. The first-order chi connectivity index (χ1) is 10.6. The summed E-state index contributed by atoms with van der Waals surface area (Å²) in [5.41, 5.74) is 2.52. The maximum absolute atomic E-state index is 10.6. The van der Waals surface area contributed by atoms with Crippen molar-refractivity contribution in [3.05, 3.63) is 58.6 Å². The highest BCUT2D eigenvalue weighted by atomic mass is 16.6. The zero-order valence-electron chi connectivity index (χ0n) is 12.6. The van der Waals surface area contributed by atoms with Gasteiger partial charge < -0.3 is 4.90 Å². The lowest BCUT2D eigenvalue weighted by molar-refractivity contribution is -0.384. The topological polar surface area (TPSA) is 71.1 Å². The third kappa shape index (κ3) is 3.88. The maximum atomic E-state index is 10.6. The molecule has 2 rings (SSSR count). The van der Waals surface area contributed by atoms with Crippen molar-refractivity contribution in [2.24, 2.45) is 10.2 Å². The normalized spacial score (nSPS) is 10.8. The van der Waals surface area contributed by atoms with E-state index in [1.165, 1.54) is 12.1 Å². The number of hydrogen-bond donors (Lipinski definition) is 0. The van der Waals surface area contributed by atoms with Gasteiger partial charge in [0, 0.05) is 30.9 Å². The molecule has 6 heteroatoms. The van der Waals surface area contributed by atoms with Crippen LogP contribution >= 0.6 is 0 Å². The van der Waals surface area contributed by atoms with Crippen LogP contribution in [-0.2, 0) is 0 Å². The fourth-order valence-corrected chi connectivity index (χ4v) is 2.08. The predicted molar refractivity (Wildman–Crippen MR) is 87.3 cm³/mol. The summed E-state index contributed by atoms with van der Waals surface area (Å²) in [5, 5.41) is 18.8. The fourth-order valence-electron chi connectivity index (χ4n) is 2.08. The van der Waals surface area contributed by atoms with Crippen molar-refractivity contribution in [3.63, 3.8) is 0 Å². The first-order valence-electron chi connectivity index (χ1n) is 7.15. The van der Waals surface area contributed by atoms with Gasteiger partial charge in [0.2, 0.25) is 0 Å². The van der Waals surface area contributed by atoms with Crippen LogP contribution in [0.5, 0.6) is 0 Å². The van der Waals surface area contributed by atoms with Gasteiger partial charge in [0.05, 0.1) is 16.3 Å². The summed E-state index contributed by atoms with van der Waals surface area (Å²) in [7, 11) is 0. The molecule has 114 valence electrons. The van der Waals surface area contributed by atoms with Crippen molar-refractivity contribution in [2.45, 2.75) is 13.8 Å². The van der Waals surface area contributed by atoms with Gasteiger partial charge in [0.25, 0.3) is 5.69 Å². The summed E-state index contributed by atoms with van der Waals surface area (Å²) in [6.07, 6.45) is 0. The van der Waals surface area contributed by atoms with E-state index in [1.54, 1.807) is 12.1 Å². The van der Waals surface area contributed by atoms with Crippen LogP contribution in [0, 0.1) is 10.1 Å². The van der Waals surface area contributed by atoms with E-state index < -0.39 is 4.92 Å². The summed E-state index contributed by atoms with van der Waals surface area (Å²) in [6, 6.07) is 13.8. The van der Waals surface area contributed by atoms with E-state index in [-0.39, 0.29) is 5.69 Å². The van der Waals surface area contributed by atoms with Gasteiger partial charge in [-0.15, -0.1) is 0 Å². The minimum absolute atomic E-state index is 0.0440. The lowest BCUT2D eigenvalue weighted by Gasteiger charge is -2.20. The predicted octanol–water partition coefficient (Wildman–Crippen LogP) is 4.86. The highest BCUT2D eigenvalue weighted by Crippen LogP contribution is 2.23. The molecule has 2 aromatic rings. The number of rotatable bonds is 6. The molecule has 0 heterocycles.